The second-order valence-electron chi connectivity index (χ2n) is 4.35. The summed E-state index contributed by atoms with van der Waals surface area (Å²) < 4.78 is 11.5. The van der Waals surface area contributed by atoms with Crippen LogP contribution < -0.4 is 15.2 Å². The molecule has 0 aromatic heterocycles. The van der Waals surface area contributed by atoms with E-state index in [0.717, 1.165) is 30.8 Å². The molecular formula is C13H19NO2. The van der Waals surface area contributed by atoms with Crippen molar-refractivity contribution in [2.75, 3.05) is 0 Å². The van der Waals surface area contributed by atoms with E-state index in [1.807, 2.05) is 24.3 Å². The van der Waals surface area contributed by atoms with Crippen molar-refractivity contribution in [3.8, 4) is 11.5 Å². The molecule has 0 saturated heterocycles. The summed E-state index contributed by atoms with van der Waals surface area (Å²) >= 11 is 0. The fraction of sp³-hybridized carbons (Fsp3) is 0.538. The van der Waals surface area contributed by atoms with Crippen LogP contribution in [0, 0.1) is 0 Å². The van der Waals surface area contributed by atoms with E-state index < -0.39 is 5.54 Å². The average Bonchev–Trinajstić information content (AvgIpc) is 2.73. The van der Waals surface area contributed by atoms with E-state index in [-0.39, 0.29) is 6.29 Å². The lowest BCUT2D eigenvalue weighted by Crippen LogP contribution is -2.54. The minimum absolute atomic E-state index is 0.352. The van der Waals surface area contributed by atoms with Gasteiger partial charge >= 0.3 is 0 Å². The minimum atomic E-state index is -0.395. The van der Waals surface area contributed by atoms with Gasteiger partial charge in [0.1, 0.15) is 0 Å². The Bertz CT molecular complexity index is 342. The van der Waals surface area contributed by atoms with Crippen LogP contribution in [0.1, 0.15) is 33.1 Å². The van der Waals surface area contributed by atoms with Gasteiger partial charge in [0.25, 0.3) is 6.29 Å². The van der Waals surface area contributed by atoms with Crippen molar-refractivity contribution < 1.29 is 9.47 Å². The molecule has 1 atom stereocenters. The first-order valence-electron chi connectivity index (χ1n) is 5.91. The Labute approximate surface area is 96.5 Å². The van der Waals surface area contributed by atoms with Crippen LogP contribution in [-0.2, 0) is 0 Å². The van der Waals surface area contributed by atoms with Gasteiger partial charge < -0.3 is 15.2 Å². The van der Waals surface area contributed by atoms with Gasteiger partial charge in [-0.2, -0.15) is 0 Å². The fourth-order valence-corrected chi connectivity index (χ4v) is 2.06. The Morgan fingerprint density at radius 3 is 2.19 bits per heavy atom. The molecule has 0 spiro atoms. The first kappa shape index (κ1) is 11.3. The zero-order valence-electron chi connectivity index (χ0n) is 9.90. The molecule has 1 heterocycles. The summed E-state index contributed by atoms with van der Waals surface area (Å²) in [7, 11) is 0. The van der Waals surface area contributed by atoms with Gasteiger partial charge in [-0.25, -0.2) is 0 Å². The van der Waals surface area contributed by atoms with Crippen molar-refractivity contribution in [3.05, 3.63) is 24.3 Å². The molecule has 0 fully saturated rings. The monoisotopic (exact) mass is 221 g/mol. The van der Waals surface area contributed by atoms with Crippen LogP contribution in [0.2, 0.25) is 0 Å². The third kappa shape index (κ3) is 1.87. The van der Waals surface area contributed by atoms with Crippen molar-refractivity contribution in [1.82, 2.24) is 0 Å². The second kappa shape index (κ2) is 4.34. The number of hydrogen-bond acceptors (Lipinski definition) is 3. The molecule has 2 rings (SSSR count). The molecule has 0 saturated carbocycles. The van der Waals surface area contributed by atoms with Gasteiger partial charge in [0.05, 0.1) is 5.54 Å². The molecule has 1 aromatic rings. The predicted octanol–water partition coefficient (Wildman–Crippen LogP) is 2.69. The van der Waals surface area contributed by atoms with E-state index in [1.165, 1.54) is 0 Å². The molecule has 3 nitrogen and oxygen atoms in total. The molecule has 0 radical (unpaired) electrons. The first-order chi connectivity index (χ1) is 7.69. The van der Waals surface area contributed by atoms with Gasteiger partial charge in [0.2, 0.25) is 0 Å². The Hall–Kier alpha value is -1.22. The molecule has 1 unspecified atom stereocenters. The fourth-order valence-electron chi connectivity index (χ4n) is 2.06. The van der Waals surface area contributed by atoms with Crippen molar-refractivity contribution in [1.29, 1.82) is 0 Å². The molecule has 3 heteroatoms. The summed E-state index contributed by atoms with van der Waals surface area (Å²) in [6.07, 6.45) is 2.43. The third-order valence-electron chi connectivity index (χ3n) is 3.16. The summed E-state index contributed by atoms with van der Waals surface area (Å²) in [5, 5.41) is 0. The third-order valence-corrected chi connectivity index (χ3v) is 3.16. The molecular weight excluding hydrogens is 202 g/mol. The van der Waals surface area contributed by atoms with E-state index >= 15 is 0 Å². The normalized spacial score (nSPS) is 18.4. The van der Waals surface area contributed by atoms with E-state index in [4.69, 9.17) is 15.2 Å². The topological polar surface area (TPSA) is 44.5 Å². The zero-order chi connectivity index (χ0) is 11.6. The number of hydrogen-bond donors (Lipinski definition) is 1. The lowest BCUT2D eigenvalue weighted by atomic mass is 9.91. The molecule has 2 N–H and O–H groups in total. The first-order valence-corrected chi connectivity index (χ1v) is 5.91. The average molecular weight is 221 g/mol. The molecule has 0 amide bonds. The highest BCUT2D eigenvalue weighted by Gasteiger charge is 2.40. The van der Waals surface area contributed by atoms with Gasteiger partial charge in [-0.15, -0.1) is 0 Å². The SMILES string of the molecule is CCCC(N)(CC)C1Oc2ccccc2O1. The van der Waals surface area contributed by atoms with Crippen molar-refractivity contribution >= 4 is 0 Å². The number of para-hydroxylation sites is 2. The van der Waals surface area contributed by atoms with Gasteiger partial charge in [-0.3, -0.25) is 0 Å². The molecule has 16 heavy (non-hydrogen) atoms. The van der Waals surface area contributed by atoms with Gasteiger partial charge in [-0.1, -0.05) is 32.4 Å². The number of nitrogens with two attached hydrogens (primary N) is 1. The largest absolute Gasteiger partial charge is 0.449 e. The maximum Gasteiger partial charge on any atom is 0.259 e. The highest BCUT2D eigenvalue weighted by molar-refractivity contribution is 5.42. The molecule has 0 aliphatic carbocycles. The number of rotatable bonds is 4. The predicted molar refractivity (Wildman–Crippen MR) is 63.6 cm³/mol. The molecule has 1 aliphatic heterocycles. The quantitative estimate of drug-likeness (QED) is 0.850. The van der Waals surface area contributed by atoms with E-state index in [0.29, 0.717) is 0 Å². The minimum Gasteiger partial charge on any atom is -0.449 e. The molecule has 1 aliphatic rings. The van der Waals surface area contributed by atoms with Crippen LogP contribution in [0.5, 0.6) is 11.5 Å². The summed E-state index contributed by atoms with van der Waals surface area (Å²) in [6.45, 7) is 4.20. The van der Waals surface area contributed by atoms with E-state index in [9.17, 15) is 0 Å². The molecule has 0 bridgehead atoms. The summed E-state index contributed by atoms with van der Waals surface area (Å²) in [5.74, 6) is 1.60. The maximum absolute atomic E-state index is 6.34. The highest BCUT2D eigenvalue weighted by Crippen LogP contribution is 2.38. The van der Waals surface area contributed by atoms with Gasteiger partial charge in [0, 0.05) is 0 Å². The van der Waals surface area contributed by atoms with Gasteiger partial charge in [-0.05, 0) is 25.0 Å². The van der Waals surface area contributed by atoms with E-state index in [1.54, 1.807) is 0 Å². The van der Waals surface area contributed by atoms with Gasteiger partial charge in [0.15, 0.2) is 11.5 Å². The summed E-state index contributed by atoms with van der Waals surface area (Å²) in [4.78, 5) is 0. The number of fused-ring (bicyclic) bond motifs is 1. The van der Waals surface area contributed by atoms with Crippen LogP contribution in [0.15, 0.2) is 24.3 Å². The Kier molecular flexibility index (Phi) is 3.06. The second-order valence-corrected chi connectivity index (χ2v) is 4.35. The maximum atomic E-state index is 6.34. The smallest absolute Gasteiger partial charge is 0.259 e. The van der Waals surface area contributed by atoms with Crippen molar-refractivity contribution in [2.24, 2.45) is 5.73 Å². The lowest BCUT2D eigenvalue weighted by molar-refractivity contribution is -0.0262. The van der Waals surface area contributed by atoms with Crippen LogP contribution in [0.4, 0.5) is 0 Å². The molecule has 88 valence electrons. The number of benzene rings is 1. The Morgan fingerprint density at radius 2 is 1.75 bits per heavy atom. The standard InChI is InChI=1S/C13H19NO2/c1-3-9-13(14,4-2)12-15-10-7-5-6-8-11(10)16-12/h5-8,12H,3-4,9,14H2,1-2H3. The summed E-state index contributed by atoms with van der Waals surface area (Å²) in [5.41, 5.74) is 5.95. The lowest BCUT2D eigenvalue weighted by Gasteiger charge is -2.32. The van der Waals surface area contributed by atoms with Crippen molar-refractivity contribution in [3.63, 3.8) is 0 Å². The highest BCUT2D eigenvalue weighted by atomic mass is 16.7. The Balaban J connectivity index is 2.15. The van der Waals surface area contributed by atoms with E-state index in [2.05, 4.69) is 13.8 Å². The Morgan fingerprint density at radius 1 is 1.19 bits per heavy atom. The van der Waals surface area contributed by atoms with Crippen LogP contribution in [-0.4, -0.2) is 11.8 Å². The van der Waals surface area contributed by atoms with Crippen LogP contribution >= 0.6 is 0 Å². The van der Waals surface area contributed by atoms with Crippen LogP contribution in [0.25, 0.3) is 0 Å². The number of ether oxygens (including phenoxy) is 2. The van der Waals surface area contributed by atoms with Crippen molar-refractivity contribution in [2.45, 2.75) is 44.9 Å². The van der Waals surface area contributed by atoms with Crippen LogP contribution in [0.3, 0.4) is 0 Å². The molecule has 1 aromatic carbocycles. The summed E-state index contributed by atoms with van der Waals surface area (Å²) in [6, 6.07) is 7.71. The zero-order valence-corrected chi connectivity index (χ0v) is 9.90.